The molecule has 2 aliphatic carbocycles. The third-order valence-electron chi connectivity index (χ3n) is 8.63. The van der Waals surface area contributed by atoms with Crippen molar-refractivity contribution >= 4 is 16.8 Å². The van der Waals surface area contributed by atoms with E-state index >= 15 is 0 Å². The fourth-order valence-corrected chi connectivity index (χ4v) is 6.79. The van der Waals surface area contributed by atoms with Crippen molar-refractivity contribution in [2.24, 2.45) is 16.7 Å². The first-order valence-corrected chi connectivity index (χ1v) is 12.1. The summed E-state index contributed by atoms with van der Waals surface area (Å²) in [6.45, 7) is 12.3. The summed E-state index contributed by atoms with van der Waals surface area (Å²) in [5.74, 6) is 1.56. The van der Waals surface area contributed by atoms with Gasteiger partial charge in [-0.1, -0.05) is 32.9 Å². The maximum Gasteiger partial charge on any atom is 0.253 e. The van der Waals surface area contributed by atoms with Crippen LogP contribution < -0.4 is 10.1 Å². The maximum atomic E-state index is 13.6. The van der Waals surface area contributed by atoms with E-state index in [0.717, 1.165) is 61.6 Å². The number of methoxy groups -OCH3 is 1. The molecule has 3 aliphatic rings. The van der Waals surface area contributed by atoms with Crippen LogP contribution in [0.15, 0.2) is 24.4 Å². The SMILES string of the molecule is COc1cccc2c(C(=O)NC3C(C)(C)[C@@H]4CC[C@@]3(C)C4)cn(CCN3CCOCC3)c12. The number of hydrogen-bond acceptors (Lipinski definition) is 4. The van der Waals surface area contributed by atoms with Gasteiger partial charge in [0.15, 0.2) is 0 Å². The standard InChI is InChI=1S/C26H37N3O3/c1-25(2)18-8-9-26(3,16-18)24(25)27-23(30)20-17-29(11-10-28-12-14-32-15-13-28)22-19(20)6-5-7-21(22)31-4/h5-7,17-18,24H,8-16H2,1-4H3,(H,27,30)/t18-,24?,26+/m1/s1. The van der Waals surface area contributed by atoms with Crippen LogP contribution in [-0.2, 0) is 11.3 Å². The number of aromatic nitrogens is 1. The van der Waals surface area contributed by atoms with E-state index in [0.29, 0.717) is 5.92 Å². The highest BCUT2D eigenvalue weighted by atomic mass is 16.5. The predicted octanol–water partition coefficient (Wildman–Crippen LogP) is 3.93. The maximum absolute atomic E-state index is 13.6. The van der Waals surface area contributed by atoms with E-state index in [2.05, 4.69) is 35.6 Å². The molecule has 1 aromatic heterocycles. The second-order valence-electron chi connectivity index (χ2n) is 10.9. The normalized spacial score (nSPS) is 29.5. The highest BCUT2D eigenvalue weighted by molar-refractivity contribution is 6.08. The van der Waals surface area contributed by atoms with E-state index < -0.39 is 0 Å². The van der Waals surface area contributed by atoms with Gasteiger partial charge in [0.25, 0.3) is 5.91 Å². The molecule has 0 spiro atoms. The molecule has 5 rings (SSSR count). The van der Waals surface area contributed by atoms with Gasteiger partial charge in [0.2, 0.25) is 0 Å². The van der Waals surface area contributed by atoms with E-state index in [1.165, 1.54) is 19.3 Å². The van der Waals surface area contributed by atoms with Gasteiger partial charge in [0.1, 0.15) is 5.75 Å². The zero-order chi connectivity index (χ0) is 22.5. The molecule has 1 N–H and O–H groups in total. The minimum atomic E-state index is 0.0419. The lowest BCUT2D eigenvalue weighted by Crippen LogP contribution is -2.52. The third-order valence-corrected chi connectivity index (χ3v) is 8.63. The molecule has 1 aliphatic heterocycles. The first kappa shape index (κ1) is 21.8. The summed E-state index contributed by atoms with van der Waals surface area (Å²) in [5.41, 5.74) is 2.10. The second-order valence-corrected chi connectivity index (χ2v) is 10.9. The number of morpholine rings is 1. The van der Waals surface area contributed by atoms with Gasteiger partial charge in [0, 0.05) is 43.8 Å². The van der Waals surface area contributed by atoms with Gasteiger partial charge in [0.05, 0.1) is 31.4 Å². The summed E-state index contributed by atoms with van der Waals surface area (Å²) in [4.78, 5) is 16.1. The lowest BCUT2D eigenvalue weighted by Gasteiger charge is -2.43. The van der Waals surface area contributed by atoms with Gasteiger partial charge in [-0.15, -0.1) is 0 Å². The van der Waals surface area contributed by atoms with Crippen molar-refractivity contribution < 1.29 is 14.3 Å². The van der Waals surface area contributed by atoms with Crippen molar-refractivity contribution in [2.45, 2.75) is 52.6 Å². The number of benzene rings is 1. The first-order chi connectivity index (χ1) is 15.3. The van der Waals surface area contributed by atoms with Crippen LogP contribution in [0, 0.1) is 16.7 Å². The smallest absolute Gasteiger partial charge is 0.253 e. The van der Waals surface area contributed by atoms with Gasteiger partial charge in [-0.25, -0.2) is 0 Å². The number of fused-ring (bicyclic) bond motifs is 3. The van der Waals surface area contributed by atoms with Gasteiger partial charge in [-0.05, 0) is 42.1 Å². The van der Waals surface area contributed by atoms with Crippen LogP contribution in [0.25, 0.3) is 10.9 Å². The molecule has 1 saturated heterocycles. The summed E-state index contributed by atoms with van der Waals surface area (Å²) in [5, 5.41) is 4.45. The number of rotatable bonds is 6. The van der Waals surface area contributed by atoms with Crippen molar-refractivity contribution in [1.82, 2.24) is 14.8 Å². The largest absolute Gasteiger partial charge is 0.495 e. The Kier molecular flexibility index (Phi) is 5.49. The second kappa shape index (κ2) is 8.07. The summed E-state index contributed by atoms with van der Waals surface area (Å²) in [6, 6.07) is 6.22. The number of nitrogens with one attached hydrogen (secondary N) is 1. The predicted molar refractivity (Wildman–Crippen MR) is 126 cm³/mol. The first-order valence-electron chi connectivity index (χ1n) is 12.1. The third kappa shape index (κ3) is 3.52. The molecule has 2 saturated carbocycles. The molecule has 0 radical (unpaired) electrons. The number of hydrogen-bond donors (Lipinski definition) is 1. The molecule has 2 aromatic rings. The Morgan fingerprint density at radius 3 is 2.69 bits per heavy atom. The monoisotopic (exact) mass is 439 g/mol. The lowest BCUT2D eigenvalue weighted by atomic mass is 9.68. The van der Waals surface area contributed by atoms with Gasteiger partial charge in [-0.3, -0.25) is 9.69 Å². The van der Waals surface area contributed by atoms with Crippen LogP contribution in [-0.4, -0.2) is 61.4 Å². The molecule has 2 bridgehead atoms. The molecule has 2 heterocycles. The molecule has 174 valence electrons. The molecule has 32 heavy (non-hydrogen) atoms. The summed E-state index contributed by atoms with van der Waals surface area (Å²) >= 11 is 0. The highest BCUT2D eigenvalue weighted by Crippen LogP contribution is 2.62. The Labute approximate surface area is 191 Å². The zero-order valence-electron chi connectivity index (χ0n) is 19.9. The number of carbonyl (C=O) groups is 1. The minimum absolute atomic E-state index is 0.0419. The number of para-hydroxylation sites is 1. The van der Waals surface area contributed by atoms with Gasteiger partial charge in [-0.2, -0.15) is 0 Å². The van der Waals surface area contributed by atoms with E-state index in [-0.39, 0.29) is 22.8 Å². The zero-order valence-corrected chi connectivity index (χ0v) is 19.9. The Bertz CT molecular complexity index is 1000. The molecule has 1 unspecified atom stereocenters. The quantitative estimate of drug-likeness (QED) is 0.741. The molecular weight excluding hydrogens is 402 g/mol. The van der Waals surface area contributed by atoms with Crippen LogP contribution >= 0.6 is 0 Å². The van der Waals surface area contributed by atoms with Crippen LogP contribution in [0.4, 0.5) is 0 Å². The van der Waals surface area contributed by atoms with Gasteiger partial charge >= 0.3 is 0 Å². The number of carbonyl (C=O) groups excluding carboxylic acids is 1. The van der Waals surface area contributed by atoms with Crippen LogP contribution in [0.1, 0.15) is 50.4 Å². The van der Waals surface area contributed by atoms with Crippen molar-refractivity contribution in [3.63, 3.8) is 0 Å². The van der Waals surface area contributed by atoms with Crippen LogP contribution in [0.2, 0.25) is 0 Å². The molecule has 1 aromatic carbocycles. The van der Waals surface area contributed by atoms with Crippen molar-refractivity contribution in [3.05, 3.63) is 30.0 Å². The Morgan fingerprint density at radius 1 is 1.22 bits per heavy atom. The number of amides is 1. The summed E-state index contributed by atoms with van der Waals surface area (Å²) < 4.78 is 13.4. The summed E-state index contributed by atoms with van der Waals surface area (Å²) in [6.07, 6.45) is 5.75. The van der Waals surface area contributed by atoms with E-state index in [4.69, 9.17) is 9.47 Å². The average Bonchev–Trinajstić information content (AvgIpc) is 3.42. The lowest BCUT2D eigenvalue weighted by molar-refractivity contribution is 0.0365. The Morgan fingerprint density at radius 2 is 2.00 bits per heavy atom. The fraction of sp³-hybridized carbons (Fsp3) is 0.654. The van der Waals surface area contributed by atoms with E-state index in [1.807, 2.05) is 24.4 Å². The molecule has 3 atom stereocenters. The van der Waals surface area contributed by atoms with Gasteiger partial charge < -0.3 is 19.4 Å². The summed E-state index contributed by atoms with van der Waals surface area (Å²) in [7, 11) is 1.70. The molecule has 6 nitrogen and oxygen atoms in total. The molecular formula is C26H37N3O3. The van der Waals surface area contributed by atoms with E-state index in [9.17, 15) is 4.79 Å². The minimum Gasteiger partial charge on any atom is -0.495 e. The Balaban J connectivity index is 1.44. The molecule has 1 amide bonds. The van der Waals surface area contributed by atoms with Crippen molar-refractivity contribution in [3.8, 4) is 5.75 Å². The highest BCUT2D eigenvalue weighted by Gasteiger charge is 2.59. The van der Waals surface area contributed by atoms with Crippen molar-refractivity contribution in [1.29, 1.82) is 0 Å². The van der Waals surface area contributed by atoms with Crippen LogP contribution in [0.5, 0.6) is 5.75 Å². The average molecular weight is 440 g/mol. The molecule has 3 fully saturated rings. The van der Waals surface area contributed by atoms with Crippen LogP contribution in [0.3, 0.4) is 0 Å². The number of nitrogens with zero attached hydrogens (tertiary/aromatic N) is 2. The topological polar surface area (TPSA) is 55.7 Å². The molecule has 6 heteroatoms. The Hall–Kier alpha value is -2.05. The van der Waals surface area contributed by atoms with E-state index in [1.54, 1.807) is 7.11 Å². The van der Waals surface area contributed by atoms with Crippen molar-refractivity contribution in [2.75, 3.05) is 40.0 Å². The fourth-order valence-electron chi connectivity index (χ4n) is 6.79. The number of ether oxygens (including phenoxy) is 2.